The van der Waals surface area contributed by atoms with Gasteiger partial charge in [-0.3, -0.25) is 4.79 Å². The van der Waals surface area contributed by atoms with Crippen molar-refractivity contribution >= 4 is 5.78 Å². The Hall–Kier alpha value is -1.18. The number of hydrogen-bond donors (Lipinski definition) is 0. The number of aryl methyl sites for hydroxylation is 1. The number of hydrogen-bond acceptors (Lipinski definition) is 1. The summed E-state index contributed by atoms with van der Waals surface area (Å²) in [7, 11) is 0. The third-order valence-electron chi connectivity index (χ3n) is 2.68. The molecule has 0 aromatic heterocycles. The summed E-state index contributed by atoms with van der Waals surface area (Å²) in [5, 5.41) is 0. The number of benzene rings is 1. The molecule has 0 aliphatic rings. The maximum atomic E-state index is 13.4. The molecule has 1 aromatic rings. The van der Waals surface area contributed by atoms with Gasteiger partial charge in [0.1, 0.15) is 5.82 Å². The van der Waals surface area contributed by atoms with Gasteiger partial charge in [0.2, 0.25) is 0 Å². The van der Waals surface area contributed by atoms with Crippen LogP contribution in [-0.2, 0) is 0 Å². The Kier molecular flexibility index (Phi) is 5.17. The van der Waals surface area contributed by atoms with Crippen LogP contribution in [-0.4, -0.2) is 5.78 Å². The molecule has 0 bridgehead atoms. The van der Waals surface area contributed by atoms with E-state index in [-0.39, 0.29) is 11.3 Å². The quantitative estimate of drug-likeness (QED) is 0.518. The van der Waals surface area contributed by atoms with Crippen molar-refractivity contribution in [3.05, 3.63) is 35.1 Å². The Morgan fingerprint density at radius 2 is 2.00 bits per heavy atom. The molecule has 0 atom stereocenters. The molecule has 0 spiro atoms. The lowest BCUT2D eigenvalue weighted by molar-refractivity contribution is 0.0975. The molecule has 2 heteroatoms. The third-order valence-corrected chi connectivity index (χ3v) is 2.68. The summed E-state index contributed by atoms with van der Waals surface area (Å²) in [5.74, 6) is -0.469. The summed E-state index contributed by atoms with van der Waals surface area (Å²) >= 11 is 0. The summed E-state index contributed by atoms with van der Waals surface area (Å²) < 4.78 is 13.4. The number of rotatable bonds is 6. The highest BCUT2D eigenvalue weighted by molar-refractivity contribution is 5.96. The predicted molar refractivity (Wildman–Crippen MR) is 64.2 cm³/mol. The van der Waals surface area contributed by atoms with Crippen molar-refractivity contribution in [3.8, 4) is 0 Å². The molecule has 1 nitrogen and oxygen atoms in total. The number of Topliss-reactive ketones (excluding diaryl/α,β-unsaturated/α-hetero) is 1. The minimum atomic E-state index is -0.397. The first-order valence-electron chi connectivity index (χ1n) is 5.94. The molecule has 0 N–H and O–H groups in total. The first-order valence-corrected chi connectivity index (χ1v) is 5.94. The van der Waals surface area contributed by atoms with Crippen LogP contribution in [0, 0.1) is 12.7 Å². The summed E-state index contributed by atoms with van der Waals surface area (Å²) in [6, 6.07) is 4.69. The minimum absolute atomic E-state index is 0.0719. The standard InChI is InChI=1S/C14H19FO/c1-3-4-5-6-7-14(16)12-10-11(2)8-9-13(12)15/h8-10H,3-7H2,1-2H3. The molecule has 0 aliphatic heterocycles. The fourth-order valence-corrected chi connectivity index (χ4v) is 1.70. The van der Waals surface area contributed by atoms with Gasteiger partial charge in [-0.2, -0.15) is 0 Å². The lowest BCUT2D eigenvalue weighted by Crippen LogP contribution is -2.02. The Bertz CT molecular complexity index is 358. The van der Waals surface area contributed by atoms with Crippen LogP contribution in [0.1, 0.15) is 54.9 Å². The summed E-state index contributed by atoms with van der Waals surface area (Å²) in [6.07, 6.45) is 4.66. The topological polar surface area (TPSA) is 17.1 Å². The average Bonchev–Trinajstić information content (AvgIpc) is 2.27. The van der Waals surface area contributed by atoms with Crippen LogP contribution < -0.4 is 0 Å². The zero-order chi connectivity index (χ0) is 12.0. The van der Waals surface area contributed by atoms with Crippen molar-refractivity contribution in [1.29, 1.82) is 0 Å². The molecule has 1 aromatic carbocycles. The molecule has 0 saturated carbocycles. The van der Waals surface area contributed by atoms with Crippen molar-refractivity contribution in [1.82, 2.24) is 0 Å². The number of carbonyl (C=O) groups is 1. The SMILES string of the molecule is CCCCCCC(=O)c1cc(C)ccc1F. The highest BCUT2D eigenvalue weighted by Gasteiger charge is 2.10. The number of carbonyl (C=O) groups excluding carboxylic acids is 1. The van der Waals surface area contributed by atoms with Crippen molar-refractivity contribution < 1.29 is 9.18 Å². The van der Waals surface area contributed by atoms with Crippen molar-refractivity contribution in [2.75, 3.05) is 0 Å². The van der Waals surface area contributed by atoms with Crippen LogP contribution in [0.5, 0.6) is 0 Å². The van der Waals surface area contributed by atoms with Gasteiger partial charge < -0.3 is 0 Å². The normalized spacial score (nSPS) is 10.4. The first kappa shape index (κ1) is 12.9. The fraction of sp³-hybridized carbons (Fsp3) is 0.500. The van der Waals surface area contributed by atoms with Gasteiger partial charge in [0.25, 0.3) is 0 Å². The third kappa shape index (κ3) is 3.76. The van der Waals surface area contributed by atoms with E-state index in [0.717, 1.165) is 31.2 Å². The number of ketones is 1. The van der Waals surface area contributed by atoms with Crippen LogP contribution in [0.15, 0.2) is 18.2 Å². The van der Waals surface area contributed by atoms with Gasteiger partial charge in [-0.05, 0) is 25.5 Å². The zero-order valence-corrected chi connectivity index (χ0v) is 10.1. The van der Waals surface area contributed by atoms with Crippen molar-refractivity contribution in [2.24, 2.45) is 0 Å². The molecular weight excluding hydrogens is 203 g/mol. The van der Waals surface area contributed by atoms with Crippen LogP contribution in [0.4, 0.5) is 4.39 Å². The summed E-state index contributed by atoms with van der Waals surface area (Å²) in [5.41, 5.74) is 1.18. The molecular formula is C14H19FO. The second-order valence-corrected chi connectivity index (χ2v) is 4.22. The zero-order valence-electron chi connectivity index (χ0n) is 10.1. The van der Waals surface area contributed by atoms with Gasteiger partial charge in [0.15, 0.2) is 5.78 Å². The summed E-state index contributed by atoms with van der Waals surface area (Å²) in [6.45, 7) is 4.00. The predicted octanol–water partition coefficient (Wildman–Crippen LogP) is 4.29. The number of halogens is 1. The Balaban J connectivity index is 2.55. The maximum absolute atomic E-state index is 13.4. The fourth-order valence-electron chi connectivity index (χ4n) is 1.70. The van der Waals surface area contributed by atoms with E-state index < -0.39 is 5.82 Å². The average molecular weight is 222 g/mol. The van der Waals surface area contributed by atoms with E-state index in [2.05, 4.69) is 6.92 Å². The molecule has 0 heterocycles. The van der Waals surface area contributed by atoms with Crippen molar-refractivity contribution in [3.63, 3.8) is 0 Å². The van der Waals surface area contributed by atoms with Gasteiger partial charge in [0, 0.05) is 6.42 Å². The Morgan fingerprint density at radius 1 is 1.25 bits per heavy atom. The molecule has 1 rings (SSSR count). The Morgan fingerprint density at radius 3 is 2.69 bits per heavy atom. The van der Waals surface area contributed by atoms with E-state index in [4.69, 9.17) is 0 Å². The van der Waals surface area contributed by atoms with E-state index in [9.17, 15) is 9.18 Å². The largest absolute Gasteiger partial charge is 0.294 e. The van der Waals surface area contributed by atoms with Crippen LogP contribution in [0.2, 0.25) is 0 Å². The molecule has 0 unspecified atom stereocenters. The van der Waals surface area contributed by atoms with Gasteiger partial charge in [-0.15, -0.1) is 0 Å². The van der Waals surface area contributed by atoms with E-state index in [1.165, 1.54) is 6.07 Å². The van der Waals surface area contributed by atoms with Crippen LogP contribution >= 0.6 is 0 Å². The van der Waals surface area contributed by atoms with E-state index in [1.54, 1.807) is 12.1 Å². The van der Waals surface area contributed by atoms with E-state index in [1.807, 2.05) is 6.92 Å². The molecule has 0 aliphatic carbocycles. The van der Waals surface area contributed by atoms with Crippen LogP contribution in [0.25, 0.3) is 0 Å². The highest BCUT2D eigenvalue weighted by atomic mass is 19.1. The molecule has 0 saturated heterocycles. The molecule has 88 valence electrons. The van der Waals surface area contributed by atoms with Gasteiger partial charge in [-0.1, -0.05) is 37.8 Å². The minimum Gasteiger partial charge on any atom is -0.294 e. The first-order chi connectivity index (χ1) is 7.65. The molecule has 16 heavy (non-hydrogen) atoms. The summed E-state index contributed by atoms with van der Waals surface area (Å²) in [4.78, 5) is 11.7. The van der Waals surface area contributed by atoms with Gasteiger partial charge in [0.05, 0.1) is 5.56 Å². The lowest BCUT2D eigenvalue weighted by Gasteiger charge is -2.03. The van der Waals surface area contributed by atoms with E-state index >= 15 is 0 Å². The molecule has 0 radical (unpaired) electrons. The smallest absolute Gasteiger partial charge is 0.165 e. The molecule has 0 amide bonds. The van der Waals surface area contributed by atoms with E-state index in [0.29, 0.717) is 6.42 Å². The van der Waals surface area contributed by atoms with Crippen LogP contribution in [0.3, 0.4) is 0 Å². The highest BCUT2D eigenvalue weighted by Crippen LogP contribution is 2.14. The van der Waals surface area contributed by atoms with Gasteiger partial charge in [-0.25, -0.2) is 4.39 Å². The monoisotopic (exact) mass is 222 g/mol. The number of unbranched alkanes of at least 4 members (excludes halogenated alkanes) is 3. The van der Waals surface area contributed by atoms with Gasteiger partial charge >= 0.3 is 0 Å². The second-order valence-electron chi connectivity index (χ2n) is 4.22. The second kappa shape index (κ2) is 6.41. The maximum Gasteiger partial charge on any atom is 0.165 e. The van der Waals surface area contributed by atoms with Crippen molar-refractivity contribution in [2.45, 2.75) is 46.0 Å². The Labute approximate surface area is 96.7 Å². The molecule has 0 fully saturated rings. The lowest BCUT2D eigenvalue weighted by atomic mass is 10.0.